The highest BCUT2D eigenvalue weighted by Gasteiger charge is 2.47. The highest BCUT2D eigenvalue weighted by atomic mass is 16.5. The lowest BCUT2D eigenvalue weighted by Gasteiger charge is -2.48. The first-order valence-corrected chi connectivity index (χ1v) is 7.75. The monoisotopic (exact) mass is 255 g/mol. The molecule has 1 aliphatic heterocycles. The number of hydrogen-bond acceptors (Lipinski definition) is 3. The van der Waals surface area contributed by atoms with Crippen molar-refractivity contribution in [3.8, 4) is 0 Å². The normalized spacial score (nSPS) is 26.7. The summed E-state index contributed by atoms with van der Waals surface area (Å²) in [5, 5.41) is 10.9. The van der Waals surface area contributed by atoms with E-state index in [2.05, 4.69) is 18.7 Å². The topological polar surface area (TPSA) is 32.7 Å². The number of aliphatic hydroxyl groups excluding tert-OH is 1. The fourth-order valence-electron chi connectivity index (χ4n) is 3.97. The molecule has 1 unspecified atom stereocenters. The molecule has 0 aromatic rings. The standard InChI is InChI=1S/C15H29NO2/c1-3-13(4-2)14(17)15(7-5-6-8-15)16-9-11-18-12-10-16/h13-14,17H,3-12H2,1-2H3. The zero-order valence-corrected chi connectivity index (χ0v) is 12.0. The van der Waals surface area contributed by atoms with Crippen molar-refractivity contribution in [3.63, 3.8) is 0 Å². The molecular weight excluding hydrogens is 226 g/mol. The predicted octanol–water partition coefficient (Wildman–Crippen LogP) is 2.43. The van der Waals surface area contributed by atoms with Gasteiger partial charge in [-0.05, 0) is 18.8 Å². The van der Waals surface area contributed by atoms with E-state index in [4.69, 9.17) is 4.74 Å². The van der Waals surface area contributed by atoms with E-state index >= 15 is 0 Å². The Kier molecular flexibility index (Phi) is 5.05. The summed E-state index contributed by atoms with van der Waals surface area (Å²) in [6, 6.07) is 0. The van der Waals surface area contributed by atoms with Crippen LogP contribution in [0, 0.1) is 5.92 Å². The summed E-state index contributed by atoms with van der Waals surface area (Å²) >= 11 is 0. The van der Waals surface area contributed by atoms with Crippen LogP contribution in [0.1, 0.15) is 52.4 Å². The van der Waals surface area contributed by atoms with Crippen LogP contribution in [0.2, 0.25) is 0 Å². The van der Waals surface area contributed by atoms with Gasteiger partial charge in [0, 0.05) is 18.6 Å². The van der Waals surface area contributed by atoms with Gasteiger partial charge in [-0.2, -0.15) is 0 Å². The maximum Gasteiger partial charge on any atom is 0.0751 e. The van der Waals surface area contributed by atoms with E-state index in [0.717, 1.165) is 39.1 Å². The summed E-state index contributed by atoms with van der Waals surface area (Å²) in [4.78, 5) is 2.53. The molecule has 0 aromatic heterocycles. The van der Waals surface area contributed by atoms with Crippen LogP contribution < -0.4 is 0 Å². The Bertz CT molecular complexity index is 241. The van der Waals surface area contributed by atoms with Crippen LogP contribution in [0.4, 0.5) is 0 Å². The van der Waals surface area contributed by atoms with Crippen LogP contribution in [0.5, 0.6) is 0 Å². The first-order chi connectivity index (χ1) is 8.74. The zero-order chi connectivity index (χ0) is 13.0. The number of morpholine rings is 1. The molecule has 1 saturated heterocycles. The first kappa shape index (κ1) is 14.3. The molecule has 1 aliphatic carbocycles. The molecule has 1 atom stereocenters. The van der Waals surface area contributed by atoms with Gasteiger partial charge in [-0.1, -0.05) is 39.5 Å². The molecular formula is C15H29NO2. The van der Waals surface area contributed by atoms with Crippen molar-refractivity contribution in [2.75, 3.05) is 26.3 Å². The lowest BCUT2D eigenvalue weighted by molar-refractivity contribution is -0.0952. The Hall–Kier alpha value is -0.120. The van der Waals surface area contributed by atoms with E-state index in [1.54, 1.807) is 0 Å². The average Bonchev–Trinajstić information content (AvgIpc) is 2.91. The van der Waals surface area contributed by atoms with Gasteiger partial charge in [-0.25, -0.2) is 0 Å². The summed E-state index contributed by atoms with van der Waals surface area (Å²) in [5.41, 5.74) is 0.0560. The maximum absolute atomic E-state index is 10.9. The summed E-state index contributed by atoms with van der Waals surface area (Å²) < 4.78 is 5.47. The summed E-state index contributed by atoms with van der Waals surface area (Å²) in [6.07, 6.45) is 6.90. The quantitative estimate of drug-likeness (QED) is 0.819. The lowest BCUT2D eigenvalue weighted by Crippen LogP contribution is -2.60. The van der Waals surface area contributed by atoms with Gasteiger partial charge in [-0.3, -0.25) is 4.90 Å². The van der Waals surface area contributed by atoms with Crippen LogP contribution in [-0.4, -0.2) is 48.0 Å². The Morgan fingerprint density at radius 2 is 1.67 bits per heavy atom. The fraction of sp³-hybridized carbons (Fsp3) is 1.00. The third kappa shape index (κ3) is 2.59. The molecule has 0 spiro atoms. The van der Waals surface area contributed by atoms with Crippen LogP contribution in [0.25, 0.3) is 0 Å². The van der Waals surface area contributed by atoms with E-state index < -0.39 is 0 Å². The van der Waals surface area contributed by atoms with E-state index in [9.17, 15) is 5.11 Å². The lowest BCUT2D eigenvalue weighted by atomic mass is 9.78. The zero-order valence-electron chi connectivity index (χ0n) is 12.0. The van der Waals surface area contributed by atoms with Gasteiger partial charge in [0.1, 0.15) is 0 Å². The first-order valence-electron chi connectivity index (χ1n) is 7.75. The maximum atomic E-state index is 10.9. The second kappa shape index (κ2) is 6.36. The van der Waals surface area contributed by atoms with Gasteiger partial charge >= 0.3 is 0 Å². The van der Waals surface area contributed by atoms with E-state index in [-0.39, 0.29) is 11.6 Å². The average molecular weight is 255 g/mol. The number of hydrogen-bond donors (Lipinski definition) is 1. The number of ether oxygens (including phenoxy) is 1. The van der Waals surface area contributed by atoms with Crippen LogP contribution in [-0.2, 0) is 4.74 Å². The van der Waals surface area contributed by atoms with Gasteiger partial charge in [0.2, 0.25) is 0 Å². The molecule has 18 heavy (non-hydrogen) atoms. The van der Waals surface area contributed by atoms with Crippen molar-refractivity contribution in [1.82, 2.24) is 4.90 Å². The SMILES string of the molecule is CCC(CC)C(O)C1(N2CCOCC2)CCCC1. The van der Waals surface area contributed by atoms with Crippen molar-refractivity contribution in [3.05, 3.63) is 0 Å². The third-order valence-corrected chi connectivity index (χ3v) is 5.16. The molecule has 2 fully saturated rings. The van der Waals surface area contributed by atoms with Crippen molar-refractivity contribution >= 4 is 0 Å². The molecule has 0 amide bonds. The molecule has 2 aliphatic rings. The van der Waals surface area contributed by atoms with Crippen LogP contribution in [0.3, 0.4) is 0 Å². The highest BCUT2D eigenvalue weighted by molar-refractivity contribution is 5.02. The molecule has 0 radical (unpaired) electrons. The third-order valence-electron chi connectivity index (χ3n) is 5.16. The van der Waals surface area contributed by atoms with E-state index in [1.165, 1.54) is 25.7 Å². The minimum atomic E-state index is -0.159. The molecule has 2 rings (SSSR count). The Morgan fingerprint density at radius 1 is 1.11 bits per heavy atom. The summed E-state index contributed by atoms with van der Waals surface area (Å²) in [5.74, 6) is 0.450. The van der Waals surface area contributed by atoms with Gasteiger partial charge in [0.25, 0.3) is 0 Å². The molecule has 3 nitrogen and oxygen atoms in total. The molecule has 0 aromatic carbocycles. The van der Waals surface area contributed by atoms with Gasteiger partial charge in [-0.15, -0.1) is 0 Å². The smallest absolute Gasteiger partial charge is 0.0751 e. The summed E-state index contributed by atoms with van der Waals surface area (Å²) in [6.45, 7) is 8.07. The van der Waals surface area contributed by atoms with Gasteiger partial charge < -0.3 is 9.84 Å². The van der Waals surface area contributed by atoms with Crippen molar-refractivity contribution in [2.45, 2.75) is 64.0 Å². The molecule has 1 saturated carbocycles. The number of aliphatic hydroxyl groups is 1. The van der Waals surface area contributed by atoms with Crippen molar-refractivity contribution in [2.24, 2.45) is 5.92 Å². The molecule has 1 N–H and O–H groups in total. The summed E-state index contributed by atoms with van der Waals surface area (Å²) in [7, 11) is 0. The van der Waals surface area contributed by atoms with Crippen molar-refractivity contribution < 1.29 is 9.84 Å². The molecule has 3 heteroatoms. The number of nitrogens with zero attached hydrogens (tertiary/aromatic N) is 1. The predicted molar refractivity (Wildman–Crippen MR) is 73.7 cm³/mol. The highest BCUT2D eigenvalue weighted by Crippen LogP contribution is 2.42. The van der Waals surface area contributed by atoms with Crippen LogP contribution >= 0.6 is 0 Å². The van der Waals surface area contributed by atoms with E-state index in [0.29, 0.717) is 5.92 Å². The Morgan fingerprint density at radius 3 is 2.17 bits per heavy atom. The van der Waals surface area contributed by atoms with Gasteiger partial charge in [0.05, 0.1) is 19.3 Å². The second-order valence-electron chi connectivity index (χ2n) is 5.93. The van der Waals surface area contributed by atoms with Crippen LogP contribution in [0.15, 0.2) is 0 Å². The van der Waals surface area contributed by atoms with E-state index in [1.807, 2.05) is 0 Å². The fourth-order valence-corrected chi connectivity index (χ4v) is 3.97. The van der Waals surface area contributed by atoms with Gasteiger partial charge in [0.15, 0.2) is 0 Å². The Balaban J connectivity index is 2.14. The second-order valence-corrected chi connectivity index (χ2v) is 5.93. The number of rotatable bonds is 5. The largest absolute Gasteiger partial charge is 0.391 e. The minimum Gasteiger partial charge on any atom is -0.391 e. The minimum absolute atomic E-state index is 0.0560. The molecule has 0 bridgehead atoms. The molecule has 106 valence electrons. The Labute approximate surface area is 112 Å². The molecule has 1 heterocycles. The van der Waals surface area contributed by atoms with Crippen molar-refractivity contribution in [1.29, 1.82) is 0 Å².